The maximum absolute atomic E-state index is 12.6. The molecule has 1 aromatic carbocycles. The summed E-state index contributed by atoms with van der Waals surface area (Å²) >= 11 is 0. The number of ether oxygens (including phenoxy) is 1. The molecule has 0 amide bonds. The zero-order valence-corrected chi connectivity index (χ0v) is 10.7. The fourth-order valence-corrected chi connectivity index (χ4v) is 2.63. The van der Waals surface area contributed by atoms with Crippen LogP contribution in [0, 0.1) is 0 Å². The van der Waals surface area contributed by atoms with Crippen molar-refractivity contribution in [2.75, 3.05) is 13.2 Å². The highest BCUT2D eigenvalue weighted by molar-refractivity contribution is 5.69. The summed E-state index contributed by atoms with van der Waals surface area (Å²) < 4.78 is 42.9. The Kier molecular flexibility index (Phi) is 4.04. The highest BCUT2D eigenvalue weighted by Crippen LogP contribution is 2.39. The topological polar surface area (TPSA) is 46.5 Å². The molecule has 1 heterocycles. The van der Waals surface area contributed by atoms with Gasteiger partial charge >= 0.3 is 12.1 Å². The SMILES string of the molecule is O=C(O)CC1(c2ccc(C(F)(F)F)cc2)CCOCC1. The Morgan fingerprint density at radius 2 is 1.75 bits per heavy atom. The van der Waals surface area contributed by atoms with Gasteiger partial charge in [-0.3, -0.25) is 4.79 Å². The van der Waals surface area contributed by atoms with Crippen LogP contribution < -0.4 is 0 Å². The van der Waals surface area contributed by atoms with Crippen molar-refractivity contribution in [1.82, 2.24) is 0 Å². The number of carbonyl (C=O) groups is 1. The number of alkyl halides is 3. The van der Waals surface area contributed by atoms with Crippen LogP contribution in [-0.2, 0) is 21.1 Å². The summed E-state index contributed by atoms with van der Waals surface area (Å²) in [7, 11) is 0. The molecule has 0 aromatic heterocycles. The average Bonchev–Trinajstić information content (AvgIpc) is 2.38. The molecule has 2 rings (SSSR count). The minimum absolute atomic E-state index is 0.0955. The zero-order valence-electron chi connectivity index (χ0n) is 10.7. The van der Waals surface area contributed by atoms with Crippen molar-refractivity contribution < 1.29 is 27.8 Å². The van der Waals surface area contributed by atoms with Crippen LogP contribution in [0.3, 0.4) is 0 Å². The smallest absolute Gasteiger partial charge is 0.416 e. The lowest BCUT2D eigenvalue weighted by Gasteiger charge is -2.36. The van der Waals surface area contributed by atoms with Gasteiger partial charge in [0.2, 0.25) is 0 Å². The van der Waals surface area contributed by atoms with Crippen molar-refractivity contribution in [3.05, 3.63) is 35.4 Å². The van der Waals surface area contributed by atoms with Crippen molar-refractivity contribution in [3.63, 3.8) is 0 Å². The normalized spacial score (nSPS) is 18.8. The van der Waals surface area contributed by atoms with E-state index in [2.05, 4.69) is 0 Å². The largest absolute Gasteiger partial charge is 0.481 e. The van der Waals surface area contributed by atoms with Gasteiger partial charge in [0.05, 0.1) is 12.0 Å². The molecule has 0 atom stereocenters. The molecule has 0 bridgehead atoms. The van der Waals surface area contributed by atoms with Crippen LogP contribution in [0.25, 0.3) is 0 Å². The summed E-state index contributed by atoms with van der Waals surface area (Å²) in [6.07, 6.45) is -3.47. The molecule has 0 unspecified atom stereocenters. The lowest BCUT2D eigenvalue weighted by molar-refractivity contribution is -0.140. The van der Waals surface area contributed by atoms with Gasteiger partial charge < -0.3 is 9.84 Å². The van der Waals surface area contributed by atoms with Crippen LogP contribution >= 0.6 is 0 Å². The van der Waals surface area contributed by atoms with Crippen LogP contribution in [0.4, 0.5) is 13.2 Å². The van der Waals surface area contributed by atoms with Gasteiger partial charge in [0, 0.05) is 18.6 Å². The van der Waals surface area contributed by atoms with Crippen molar-refractivity contribution in [1.29, 1.82) is 0 Å². The Balaban J connectivity index is 2.31. The Morgan fingerprint density at radius 1 is 1.20 bits per heavy atom. The first kappa shape index (κ1) is 14.8. The van der Waals surface area contributed by atoms with Crippen molar-refractivity contribution in [2.24, 2.45) is 0 Å². The summed E-state index contributed by atoms with van der Waals surface area (Å²) in [6, 6.07) is 4.79. The number of carboxylic acid groups (broad SMARTS) is 1. The predicted octanol–water partition coefficient (Wildman–Crippen LogP) is 3.23. The predicted molar refractivity (Wildman–Crippen MR) is 65.4 cm³/mol. The van der Waals surface area contributed by atoms with E-state index in [-0.39, 0.29) is 6.42 Å². The molecule has 0 radical (unpaired) electrons. The number of carboxylic acids is 1. The molecule has 1 N–H and O–H groups in total. The highest BCUT2D eigenvalue weighted by Gasteiger charge is 2.37. The molecule has 1 aromatic rings. The molecule has 1 fully saturated rings. The van der Waals surface area contributed by atoms with E-state index >= 15 is 0 Å². The van der Waals surface area contributed by atoms with Gasteiger partial charge in [0.15, 0.2) is 0 Å². The first-order valence-electron chi connectivity index (χ1n) is 6.31. The van der Waals surface area contributed by atoms with E-state index in [0.717, 1.165) is 12.1 Å². The third-order valence-electron chi connectivity index (χ3n) is 3.76. The Bertz CT molecular complexity index is 473. The third-order valence-corrected chi connectivity index (χ3v) is 3.76. The van der Waals surface area contributed by atoms with Crippen LogP contribution in [-0.4, -0.2) is 24.3 Å². The van der Waals surface area contributed by atoms with E-state index < -0.39 is 23.1 Å². The van der Waals surface area contributed by atoms with Gasteiger partial charge in [-0.1, -0.05) is 12.1 Å². The van der Waals surface area contributed by atoms with Gasteiger partial charge in [-0.2, -0.15) is 13.2 Å². The van der Waals surface area contributed by atoms with E-state index in [9.17, 15) is 18.0 Å². The number of hydrogen-bond acceptors (Lipinski definition) is 2. The standard InChI is InChI=1S/C14H15F3O3/c15-14(16,17)11-3-1-10(2-4-11)13(9-12(18)19)5-7-20-8-6-13/h1-4H,5-9H2,(H,18,19). The van der Waals surface area contributed by atoms with Crippen LogP contribution in [0.1, 0.15) is 30.4 Å². The molecule has 1 saturated heterocycles. The molecule has 3 nitrogen and oxygen atoms in total. The van der Waals surface area contributed by atoms with E-state index in [1.165, 1.54) is 12.1 Å². The molecule has 0 spiro atoms. The monoisotopic (exact) mass is 288 g/mol. The third kappa shape index (κ3) is 3.12. The van der Waals surface area contributed by atoms with E-state index in [0.29, 0.717) is 31.6 Å². The van der Waals surface area contributed by atoms with Gasteiger partial charge in [0.25, 0.3) is 0 Å². The molecule has 20 heavy (non-hydrogen) atoms. The molecular formula is C14H15F3O3. The number of rotatable bonds is 3. The maximum atomic E-state index is 12.6. The summed E-state index contributed by atoms with van der Waals surface area (Å²) in [5.74, 6) is -0.952. The Hall–Kier alpha value is -1.56. The van der Waals surface area contributed by atoms with Gasteiger partial charge in [-0.05, 0) is 30.5 Å². The van der Waals surface area contributed by atoms with Crippen LogP contribution in [0.2, 0.25) is 0 Å². The lowest BCUT2D eigenvalue weighted by atomic mass is 9.71. The first-order valence-corrected chi connectivity index (χ1v) is 6.31. The van der Waals surface area contributed by atoms with Gasteiger partial charge in [-0.15, -0.1) is 0 Å². The van der Waals surface area contributed by atoms with Gasteiger partial charge in [0.1, 0.15) is 0 Å². The summed E-state index contributed by atoms with van der Waals surface area (Å²) in [5.41, 5.74) is -0.719. The summed E-state index contributed by atoms with van der Waals surface area (Å²) in [4.78, 5) is 11.1. The van der Waals surface area contributed by atoms with Crippen molar-refractivity contribution in [3.8, 4) is 0 Å². The minimum Gasteiger partial charge on any atom is -0.481 e. The summed E-state index contributed by atoms with van der Waals surface area (Å²) in [5, 5.41) is 9.06. The van der Waals surface area contributed by atoms with E-state index in [1.807, 2.05) is 0 Å². The summed E-state index contributed by atoms with van der Waals surface area (Å²) in [6.45, 7) is 0.850. The number of aliphatic carboxylic acids is 1. The molecule has 0 aliphatic carbocycles. The number of hydrogen-bond donors (Lipinski definition) is 1. The number of halogens is 3. The van der Waals surface area contributed by atoms with Crippen molar-refractivity contribution in [2.45, 2.75) is 30.9 Å². The molecular weight excluding hydrogens is 273 g/mol. The molecule has 1 aliphatic rings. The van der Waals surface area contributed by atoms with Crippen molar-refractivity contribution >= 4 is 5.97 Å². The minimum atomic E-state index is -4.38. The molecule has 6 heteroatoms. The van der Waals surface area contributed by atoms with Gasteiger partial charge in [-0.25, -0.2) is 0 Å². The second kappa shape index (κ2) is 5.44. The fraction of sp³-hybridized carbons (Fsp3) is 0.500. The average molecular weight is 288 g/mol. The Labute approximate surface area is 114 Å². The van der Waals surface area contributed by atoms with E-state index in [4.69, 9.17) is 9.84 Å². The highest BCUT2D eigenvalue weighted by atomic mass is 19.4. The molecule has 1 aliphatic heterocycles. The fourth-order valence-electron chi connectivity index (χ4n) is 2.63. The molecule has 0 saturated carbocycles. The maximum Gasteiger partial charge on any atom is 0.416 e. The quantitative estimate of drug-likeness (QED) is 0.929. The van der Waals surface area contributed by atoms with Crippen LogP contribution in [0.15, 0.2) is 24.3 Å². The second-order valence-corrected chi connectivity index (χ2v) is 5.04. The number of benzene rings is 1. The first-order chi connectivity index (χ1) is 9.33. The lowest BCUT2D eigenvalue weighted by Crippen LogP contribution is -2.36. The second-order valence-electron chi connectivity index (χ2n) is 5.04. The zero-order chi connectivity index (χ0) is 14.8. The van der Waals surface area contributed by atoms with E-state index in [1.54, 1.807) is 0 Å². The molecule has 110 valence electrons. The van der Waals surface area contributed by atoms with Crippen LogP contribution in [0.5, 0.6) is 0 Å². The Morgan fingerprint density at radius 3 is 2.20 bits per heavy atom.